The second kappa shape index (κ2) is 9.29. The van der Waals surface area contributed by atoms with E-state index in [-0.39, 0.29) is 17.3 Å². The minimum absolute atomic E-state index is 0.0155. The Morgan fingerprint density at radius 1 is 1.03 bits per heavy atom. The SMILES string of the molecule is CN(CC(=O)Nc1cccc(S(=O)(=O)Nc2ccc(Cl)cc2)c1)C(=O)c1cccs1. The molecule has 0 saturated carbocycles. The van der Waals surface area contributed by atoms with E-state index < -0.39 is 15.9 Å². The maximum atomic E-state index is 12.6. The van der Waals surface area contributed by atoms with Crippen LogP contribution in [0.4, 0.5) is 11.4 Å². The van der Waals surface area contributed by atoms with Gasteiger partial charge in [0.2, 0.25) is 5.91 Å². The molecule has 2 aromatic carbocycles. The van der Waals surface area contributed by atoms with Crippen LogP contribution in [0.2, 0.25) is 5.02 Å². The summed E-state index contributed by atoms with van der Waals surface area (Å²) in [4.78, 5) is 26.3. The molecule has 0 fully saturated rings. The van der Waals surface area contributed by atoms with Crippen molar-refractivity contribution in [1.82, 2.24) is 4.90 Å². The third-order valence-electron chi connectivity index (χ3n) is 3.98. The van der Waals surface area contributed by atoms with Gasteiger partial charge in [-0.1, -0.05) is 23.7 Å². The van der Waals surface area contributed by atoms with Crippen molar-refractivity contribution in [3.8, 4) is 0 Å². The molecule has 0 aliphatic rings. The van der Waals surface area contributed by atoms with Crippen LogP contribution in [0.5, 0.6) is 0 Å². The first-order chi connectivity index (χ1) is 14.2. The van der Waals surface area contributed by atoms with Crippen LogP contribution in [0, 0.1) is 0 Å². The average Bonchev–Trinajstić information content (AvgIpc) is 3.24. The fraction of sp³-hybridized carbons (Fsp3) is 0.100. The second-order valence-electron chi connectivity index (χ2n) is 6.33. The number of hydrogen-bond donors (Lipinski definition) is 2. The molecule has 0 atom stereocenters. The smallest absolute Gasteiger partial charge is 0.264 e. The maximum absolute atomic E-state index is 12.6. The van der Waals surface area contributed by atoms with Crippen LogP contribution >= 0.6 is 22.9 Å². The lowest BCUT2D eigenvalue weighted by atomic mass is 10.3. The molecule has 3 aromatic rings. The number of benzene rings is 2. The highest BCUT2D eigenvalue weighted by atomic mass is 35.5. The van der Waals surface area contributed by atoms with Crippen LogP contribution < -0.4 is 10.0 Å². The van der Waals surface area contributed by atoms with E-state index in [1.807, 2.05) is 0 Å². The van der Waals surface area contributed by atoms with Crippen LogP contribution in [-0.4, -0.2) is 38.7 Å². The highest BCUT2D eigenvalue weighted by Gasteiger charge is 2.18. The van der Waals surface area contributed by atoms with Gasteiger partial charge in [0.15, 0.2) is 0 Å². The molecule has 0 spiro atoms. The fourth-order valence-corrected chi connectivity index (χ4v) is 4.50. The Labute approximate surface area is 183 Å². The summed E-state index contributed by atoms with van der Waals surface area (Å²) in [6.07, 6.45) is 0. The summed E-state index contributed by atoms with van der Waals surface area (Å²) in [5, 5.41) is 4.89. The Balaban J connectivity index is 1.66. The molecular weight excluding hydrogens is 446 g/mol. The first-order valence-corrected chi connectivity index (χ1v) is 11.5. The monoisotopic (exact) mass is 463 g/mol. The predicted octanol–water partition coefficient (Wildman–Crippen LogP) is 3.91. The molecule has 1 heterocycles. The second-order valence-corrected chi connectivity index (χ2v) is 9.39. The normalized spacial score (nSPS) is 11.0. The lowest BCUT2D eigenvalue weighted by Crippen LogP contribution is -2.34. The van der Waals surface area contributed by atoms with Crippen LogP contribution in [0.1, 0.15) is 9.67 Å². The highest BCUT2D eigenvalue weighted by Crippen LogP contribution is 2.21. The van der Waals surface area contributed by atoms with Crippen LogP contribution in [0.3, 0.4) is 0 Å². The van der Waals surface area contributed by atoms with Crippen molar-refractivity contribution in [2.45, 2.75) is 4.90 Å². The van der Waals surface area contributed by atoms with Gasteiger partial charge in [-0.2, -0.15) is 0 Å². The molecule has 10 heteroatoms. The lowest BCUT2D eigenvalue weighted by molar-refractivity contribution is -0.116. The maximum Gasteiger partial charge on any atom is 0.264 e. The number of thiophene rings is 1. The van der Waals surface area contributed by atoms with Gasteiger partial charge in [-0.3, -0.25) is 14.3 Å². The number of amides is 2. The molecule has 0 radical (unpaired) electrons. The molecular formula is C20H18ClN3O4S2. The summed E-state index contributed by atoms with van der Waals surface area (Å²) >= 11 is 7.10. The lowest BCUT2D eigenvalue weighted by Gasteiger charge is -2.16. The quantitative estimate of drug-likeness (QED) is 0.555. The van der Waals surface area contributed by atoms with Gasteiger partial charge in [-0.25, -0.2) is 8.42 Å². The Bertz CT molecular complexity index is 1150. The molecule has 30 heavy (non-hydrogen) atoms. The number of anilines is 2. The first-order valence-electron chi connectivity index (χ1n) is 8.72. The van der Waals surface area contributed by atoms with Crippen molar-refractivity contribution in [3.63, 3.8) is 0 Å². The van der Waals surface area contributed by atoms with E-state index in [1.54, 1.807) is 47.8 Å². The van der Waals surface area contributed by atoms with Gasteiger partial charge in [-0.15, -0.1) is 11.3 Å². The minimum atomic E-state index is -3.86. The van der Waals surface area contributed by atoms with Crippen LogP contribution in [0.25, 0.3) is 0 Å². The third-order valence-corrected chi connectivity index (χ3v) is 6.47. The minimum Gasteiger partial charge on any atom is -0.332 e. The predicted molar refractivity (Wildman–Crippen MR) is 119 cm³/mol. The number of carbonyl (C=O) groups is 2. The van der Waals surface area contributed by atoms with Gasteiger partial charge in [0, 0.05) is 23.4 Å². The summed E-state index contributed by atoms with van der Waals surface area (Å²) in [6, 6.07) is 15.5. The summed E-state index contributed by atoms with van der Waals surface area (Å²) in [6.45, 7) is -0.170. The van der Waals surface area contributed by atoms with Gasteiger partial charge in [0.1, 0.15) is 0 Å². The zero-order valence-corrected chi connectivity index (χ0v) is 18.2. The molecule has 0 unspecified atom stereocenters. The van der Waals surface area contributed by atoms with E-state index >= 15 is 0 Å². The van der Waals surface area contributed by atoms with Crippen LogP contribution in [-0.2, 0) is 14.8 Å². The molecule has 1 aromatic heterocycles. The molecule has 7 nitrogen and oxygen atoms in total. The van der Waals surface area contributed by atoms with E-state index in [1.165, 1.54) is 41.5 Å². The number of hydrogen-bond acceptors (Lipinski definition) is 5. The van der Waals surface area contributed by atoms with Crippen molar-refractivity contribution in [2.24, 2.45) is 0 Å². The van der Waals surface area contributed by atoms with Crippen molar-refractivity contribution < 1.29 is 18.0 Å². The third kappa shape index (κ3) is 5.59. The molecule has 156 valence electrons. The number of likely N-dealkylation sites (N-methyl/N-ethyl adjacent to an activating group) is 1. The van der Waals surface area contributed by atoms with Gasteiger partial charge >= 0.3 is 0 Å². The van der Waals surface area contributed by atoms with Gasteiger partial charge in [0.05, 0.1) is 16.3 Å². The van der Waals surface area contributed by atoms with Crippen molar-refractivity contribution in [1.29, 1.82) is 0 Å². The molecule has 0 aliphatic carbocycles. The van der Waals surface area contributed by atoms with E-state index in [2.05, 4.69) is 10.0 Å². The van der Waals surface area contributed by atoms with E-state index in [9.17, 15) is 18.0 Å². The zero-order chi connectivity index (χ0) is 21.7. The van der Waals surface area contributed by atoms with E-state index in [0.29, 0.717) is 21.3 Å². The molecule has 2 amide bonds. The topological polar surface area (TPSA) is 95.6 Å². The number of sulfonamides is 1. The summed E-state index contributed by atoms with van der Waals surface area (Å²) in [7, 11) is -2.33. The Kier molecular flexibility index (Phi) is 6.76. The van der Waals surface area contributed by atoms with Gasteiger partial charge < -0.3 is 10.2 Å². The summed E-state index contributed by atoms with van der Waals surface area (Å²) in [5.41, 5.74) is 0.665. The van der Waals surface area contributed by atoms with E-state index in [0.717, 1.165) is 0 Å². The Morgan fingerprint density at radius 3 is 2.43 bits per heavy atom. The molecule has 2 N–H and O–H groups in total. The Morgan fingerprint density at radius 2 is 1.77 bits per heavy atom. The van der Waals surface area contributed by atoms with Gasteiger partial charge in [0.25, 0.3) is 15.9 Å². The van der Waals surface area contributed by atoms with E-state index in [4.69, 9.17) is 11.6 Å². The number of halogens is 1. The standard InChI is InChI=1S/C20H18ClN3O4S2/c1-24(20(26)18-6-3-11-29-18)13-19(25)22-16-4-2-5-17(12-16)30(27,28)23-15-9-7-14(21)8-10-15/h2-12,23H,13H2,1H3,(H,22,25). The number of nitrogens with one attached hydrogen (secondary N) is 2. The van der Waals surface area contributed by atoms with Crippen LogP contribution in [0.15, 0.2) is 70.9 Å². The Hall–Kier alpha value is -2.88. The molecule has 0 bridgehead atoms. The average molecular weight is 464 g/mol. The summed E-state index contributed by atoms with van der Waals surface area (Å²) in [5.74, 6) is -0.703. The van der Waals surface area contributed by atoms with Gasteiger partial charge in [-0.05, 0) is 53.9 Å². The highest BCUT2D eigenvalue weighted by molar-refractivity contribution is 7.92. The van der Waals surface area contributed by atoms with Crippen molar-refractivity contribution >= 4 is 56.2 Å². The molecule has 3 rings (SSSR count). The number of nitrogens with zero attached hydrogens (tertiary/aromatic N) is 1. The molecule has 0 saturated heterocycles. The number of rotatable bonds is 7. The zero-order valence-electron chi connectivity index (χ0n) is 15.8. The summed E-state index contributed by atoms with van der Waals surface area (Å²) < 4.78 is 27.7. The fourth-order valence-electron chi connectivity index (χ4n) is 2.55. The van der Waals surface area contributed by atoms with Crippen molar-refractivity contribution in [3.05, 3.63) is 75.9 Å². The largest absolute Gasteiger partial charge is 0.332 e. The molecule has 0 aliphatic heterocycles. The first kappa shape index (κ1) is 21.8. The number of carbonyl (C=O) groups excluding carboxylic acids is 2. The van der Waals surface area contributed by atoms with Crippen molar-refractivity contribution in [2.75, 3.05) is 23.6 Å².